The minimum atomic E-state index is -1.02. The van der Waals surface area contributed by atoms with E-state index in [9.17, 15) is 0 Å². The smallest absolute Gasteiger partial charge is 0.0683 e. The molecule has 2 atom stereocenters. The lowest BCUT2D eigenvalue weighted by Gasteiger charge is -2.27. The first-order valence-corrected chi connectivity index (χ1v) is 11.0. The highest BCUT2D eigenvalue weighted by atomic mass is 28.3. The van der Waals surface area contributed by atoms with Gasteiger partial charge in [-0.2, -0.15) is 0 Å². The summed E-state index contributed by atoms with van der Waals surface area (Å²) in [6, 6.07) is 0. The van der Waals surface area contributed by atoms with E-state index in [1.54, 1.807) is 0 Å². The summed E-state index contributed by atoms with van der Waals surface area (Å²) >= 11 is 0. The van der Waals surface area contributed by atoms with E-state index in [-0.39, 0.29) is 0 Å². The Hall–Kier alpha value is -0.303. The van der Waals surface area contributed by atoms with Crippen molar-refractivity contribution in [2.75, 3.05) is 0 Å². The molecule has 1 fully saturated rings. The maximum Gasteiger partial charge on any atom is 0.0683 e. The van der Waals surface area contributed by atoms with E-state index in [2.05, 4.69) is 37.5 Å². The Kier molecular flexibility index (Phi) is 4.30. The van der Waals surface area contributed by atoms with Crippen LogP contribution in [0.25, 0.3) is 0 Å². The Morgan fingerprint density at radius 2 is 1.76 bits per heavy atom. The lowest BCUT2D eigenvalue weighted by Crippen LogP contribution is -2.18. The predicted molar refractivity (Wildman–Crippen MR) is 79.9 cm³/mol. The van der Waals surface area contributed by atoms with Gasteiger partial charge < -0.3 is 0 Å². The molecule has 2 unspecified atom stereocenters. The Labute approximate surface area is 108 Å². The molecular formula is C16H28Si. The van der Waals surface area contributed by atoms with Gasteiger partial charge in [0.05, 0.1) is 8.07 Å². The lowest BCUT2D eigenvalue weighted by atomic mass is 9.79. The maximum atomic E-state index is 2.58. The normalized spacial score (nSPS) is 30.9. The van der Waals surface area contributed by atoms with Crippen LogP contribution in [-0.4, -0.2) is 8.07 Å². The van der Waals surface area contributed by atoms with Crippen LogP contribution in [0.1, 0.15) is 44.9 Å². The molecule has 0 radical (unpaired) electrons. The summed E-state index contributed by atoms with van der Waals surface area (Å²) in [4.78, 5) is 0. The second-order valence-electron chi connectivity index (χ2n) is 6.95. The molecule has 2 aliphatic rings. The number of fused-ring (bicyclic) bond motifs is 1. The highest BCUT2D eigenvalue weighted by Gasteiger charge is 2.25. The van der Waals surface area contributed by atoms with E-state index in [1.165, 1.54) is 44.9 Å². The van der Waals surface area contributed by atoms with Crippen molar-refractivity contribution in [2.45, 2.75) is 64.6 Å². The average Bonchev–Trinajstić information content (AvgIpc) is 2.47. The Bertz CT molecular complexity index is 306. The van der Waals surface area contributed by atoms with Crippen LogP contribution in [0.15, 0.2) is 23.4 Å². The minimum Gasteiger partial charge on any atom is -0.0983 e. The third-order valence-corrected chi connectivity index (χ3v) is 5.38. The van der Waals surface area contributed by atoms with Crippen LogP contribution >= 0.6 is 0 Å². The van der Waals surface area contributed by atoms with Gasteiger partial charge in [0, 0.05) is 0 Å². The molecule has 2 rings (SSSR count). The molecule has 0 N–H and O–H groups in total. The van der Waals surface area contributed by atoms with Crippen molar-refractivity contribution in [2.24, 2.45) is 11.8 Å². The molecule has 0 aromatic rings. The highest BCUT2D eigenvalue weighted by Crippen LogP contribution is 2.39. The largest absolute Gasteiger partial charge is 0.0983 e. The van der Waals surface area contributed by atoms with Gasteiger partial charge in [-0.3, -0.25) is 0 Å². The summed E-state index contributed by atoms with van der Waals surface area (Å²) in [5.74, 6) is 1.72. The fourth-order valence-electron chi connectivity index (χ4n) is 3.27. The number of rotatable bonds is 2. The molecule has 0 bridgehead atoms. The van der Waals surface area contributed by atoms with E-state index in [4.69, 9.17) is 0 Å². The van der Waals surface area contributed by atoms with Crippen molar-refractivity contribution < 1.29 is 0 Å². The van der Waals surface area contributed by atoms with E-state index in [0.717, 1.165) is 11.8 Å². The van der Waals surface area contributed by atoms with Gasteiger partial charge in [0.25, 0.3) is 0 Å². The standard InChI is InChI=1S/C16H28Si/c1-17(2,3)13-12-15-10-5-4-8-14-9-6-7-11-16(14)15/h11-15H,4-10H2,1-3H3/b13-12+. The fourth-order valence-corrected chi connectivity index (χ4v) is 4.07. The molecule has 1 saturated carbocycles. The van der Waals surface area contributed by atoms with E-state index in [0.29, 0.717) is 0 Å². The van der Waals surface area contributed by atoms with Gasteiger partial charge in [0.1, 0.15) is 0 Å². The summed E-state index contributed by atoms with van der Waals surface area (Å²) in [6.07, 6.45) is 15.1. The first-order chi connectivity index (χ1) is 8.06. The molecule has 0 heterocycles. The summed E-state index contributed by atoms with van der Waals surface area (Å²) in [7, 11) is -1.02. The second kappa shape index (κ2) is 5.56. The zero-order chi connectivity index (χ0) is 12.3. The minimum absolute atomic E-state index is 0.787. The van der Waals surface area contributed by atoms with Crippen LogP contribution in [0.2, 0.25) is 19.6 Å². The molecule has 0 nitrogen and oxygen atoms in total. The first kappa shape index (κ1) is 13.1. The number of hydrogen-bond acceptors (Lipinski definition) is 0. The second-order valence-corrected chi connectivity index (χ2v) is 12.0. The van der Waals surface area contributed by atoms with Crippen LogP contribution in [0, 0.1) is 11.8 Å². The molecule has 0 aromatic carbocycles. The number of allylic oxidation sites excluding steroid dienone is 3. The van der Waals surface area contributed by atoms with Crippen LogP contribution in [0.4, 0.5) is 0 Å². The Morgan fingerprint density at radius 1 is 1.06 bits per heavy atom. The van der Waals surface area contributed by atoms with Gasteiger partial charge in [-0.15, -0.1) is 0 Å². The average molecular weight is 248 g/mol. The topological polar surface area (TPSA) is 0 Å². The van der Waals surface area contributed by atoms with Gasteiger partial charge in [-0.05, 0) is 43.9 Å². The van der Waals surface area contributed by atoms with Crippen LogP contribution < -0.4 is 0 Å². The van der Waals surface area contributed by atoms with E-state index in [1.807, 2.05) is 5.57 Å². The van der Waals surface area contributed by atoms with E-state index >= 15 is 0 Å². The van der Waals surface area contributed by atoms with Gasteiger partial charge in [-0.25, -0.2) is 0 Å². The maximum absolute atomic E-state index is 2.58. The Morgan fingerprint density at radius 3 is 2.53 bits per heavy atom. The summed E-state index contributed by atoms with van der Waals surface area (Å²) in [6.45, 7) is 7.31. The SMILES string of the molecule is C[Si](C)(C)/C=C/C1CCCCC2CCCC=C12. The molecule has 0 aromatic heterocycles. The molecule has 0 saturated heterocycles. The van der Waals surface area contributed by atoms with Gasteiger partial charge in [0.2, 0.25) is 0 Å². The monoisotopic (exact) mass is 248 g/mol. The third kappa shape index (κ3) is 3.84. The number of hydrogen-bond donors (Lipinski definition) is 0. The Balaban J connectivity index is 2.13. The molecular weight excluding hydrogens is 220 g/mol. The zero-order valence-corrected chi connectivity index (χ0v) is 12.8. The van der Waals surface area contributed by atoms with E-state index < -0.39 is 8.07 Å². The molecule has 0 aliphatic heterocycles. The van der Waals surface area contributed by atoms with Crippen LogP contribution in [-0.2, 0) is 0 Å². The summed E-state index contributed by atoms with van der Waals surface area (Å²) < 4.78 is 0. The van der Waals surface area contributed by atoms with Crippen molar-refractivity contribution in [3.63, 3.8) is 0 Å². The van der Waals surface area contributed by atoms with Gasteiger partial charge in [-0.1, -0.05) is 55.9 Å². The quantitative estimate of drug-likeness (QED) is 0.457. The molecule has 2 aliphatic carbocycles. The molecule has 96 valence electrons. The highest BCUT2D eigenvalue weighted by molar-refractivity contribution is 6.80. The molecule has 17 heavy (non-hydrogen) atoms. The van der Waals surface area contributed by atoms with Crippen molar-refractivity contribution in [1.82, 2.24) is 0 Å². The lowest BCUT2D eigenvalue weighted by molar-refractivity contribution is 0.461. The van der Waals surface area contributed by atoms with Gasteiger partial charge in [0.15, 0.2) is 0 Å². The van der Waals surface area contributed by atoms with Crippen molar-refractivity contribution in [1.29, 1.82) is 0 Å². The van der Waals surface area contributed by atoms with Crippen molar-refractivity contribution in [3.8, 4) is 0 Å². The first-order valence-electron chi connectivity index (χ1n) is 7.45. The van der Waals surface area contributed by atoms with Crippen LogP contribution in [0.5, 0.6) is 0 Å². The van der Waals surface area contributed by atoms with Crippen molar-refractivity contribution >= 4 is 8.07 Å². The van der Waals surface area contributed by atoms with Crippen molar-refractivity contribution in [3.05, 3.63) is 23.4 Å². The molecule has 0 amide bonds. The van der Waals surface area contributed by atoms with Gasteiger partial charge >= 0.3 is 0 Å². The molecule has 1 heteroatoms. The zero-order valence-electron chi connectivity index (χ0n) is 11.8. The third-order valence-electron chi connectivity index (χ3n) is 4.18. The predicted octanol–water partition coefficient (Wildman–Crippen LogP) is 5.34. The van der Waals surface area contributed by atoms with Crippen LogP contribution in [0.3, 0.4) is 0 Å². The molecule has 0 spiro atoms. The summed E-state index contributed by atoms with van der Waals surface area (Å²) in [5, 5.41) is 0. The fraction of sp³-hybridized carbons (Fsp3) is 0.750. The summed E-state index contributed by atoms with van der Waals surface area (Å²) in [5.41, 5.74) is 4.37.